The first-order chi connectivity index (χ1) is 8.69. The lowest BCUT2D eigenvalue weighted by atomic mass is 10.2. The summed E-state index contributed by atoms with van der Waals surface area (Å²) >= 11 is 3.38. The molecule has 4 heteroatoms. The lowest BCUT2D eigenvalue weighted by Gasteiger charge is -2.19. The second-order valence-electron chi connectivity index (χ2n) is 4.03. The van der Waals surface area contributed by atoms with E-state index in [1.54, 1.807) is 7.11 Å². The summed E-state index contributed by atoms with van der Waals surface area (Å²) in [5.41, 5.74) is 2.14. The molecule has 2 aromatic rings. The van der Waals surface area contributed by atoms with Crippen LogP contribution in [0.4, 0.5) is 5.69 Å². The number of pyridine rings is 1. The van der Waals surface area contributed by atoms with Crippen LogP contribution >= 0.6 is 15.9 Å². The van der Waals surface area contributed by atoms with E-state index < -0.39 is 0 Å². The molecule has 0 aliphatic carbocycles. The molecular formula is C14H15BrN2O. The Morgan fingerprint density at radius 2 is 2.11 bits per heavy atom. The van der Waals surface area contributed by atoms with Crippen molar-refractivity contribution in [3.63, 3.8) is 0 Å². The number of anilines is 1. The highest BCUT2D eigenvalue weighted by Gasteiger charge is 2.04. The van der Waals surface area contributed by atoms with Crippen molar-refractivity contribution in [3.8, 4) is 5.75 Å². The van der Waals surface area contributed by atoms with E-state index >= 15 is 0 Å². The van der Waals surface area contributed by atoms with Gasteiger partial charge in [-0.3, -0.25) is 4.98 Å². The number of methoxy groups -OCH3 is 1. The molecule has 3 nitrogen and oxygen atoms in total. The van der Waals surface area contributed by atoms with Crippen LogP contribution in [0.5, 0.6) is 5.75 Å². The van der Waals surface area contributed by atoms with Gasteiger partial charge in [0.1, 0.15) is 5.75 Å². The average Bonchev–Trinajstić information content (AvgIpc) is 2.41. The van der Waals surface area contributed by atoms with Gasteiger partial charge in [-0.25, -0.2) is 0 Å². The van der Waals surface area contributed by atoms with Crippen molar-refractivity contribution < 1.29 is 4.74 Å². The summed E-state index contributed by atoms with van der Waals surface area (Å²) in [4.78, 5) is 6.50. The summed E-state index contributed by atoms with van der Waals surface area (Å²) in [5.74, 6) is 0.864. The van der Waals surface area contributed by atoms with Crippen molar-refractivity contribution in [2.24, 2.45) is 0 Å². The summed E-state index contributed by atoms with van der Waals surface area (Å²) in [6, 6.07) is 12.0. The number of hydrogen-bond acceptors (Lipinski definition) is 3. The lowest BCUT2D eigenvalue weighted by Crippen LogP contribution is -2.17. The molecule has 0 fully saturated rings. The maximum atomic E-state index is 5.22. The van der Waals surface area contributed by atoms with E-state index in [0.29, 0.717) is 0 Å². The zero-order chi connectivity index (χ0) is 13.0. The standard InChI is InChI=1S/C14H15BrN2O/c1-17(10-12-7-6-11(15)9-16-12)13-4-3-5-14(8-13)18-2/h3-9H,10H2,1-2H3. The first-order valence-electron chi connectivity index (χ1n) is 5.64. The Balaban J connectivity index is 2.11. The number of aromatic nitrogens is 1. The predicted octanol–water partition coefficient (Wildman–Crippen LogP) is 3.49. The van der Waals surface area contributed by atoms with E-state index in [4.69, 9.17) is 4.74 Å². The lowest BCUT2D eigenvalue weighted by molar-refractivity contribution is 0.415. The molecule has 2 rings (SSSR count). The van der Waals surface area contributed by atoms with Crippen molar-refractivity contribution in [1.29, 1.82) is 0 Å². The Hall–Kier alpha value is -1.55. The molecule has 0 unspecified atom stereocenters. The summed E-state index contributed by atoms with van der Waals surface area (Å²) < 4.78 is 6.22. The van der Waals surface area contributed by atoms with Crippen LogP contribution < -0.4 is 9.64 Å². The van der Waals surface area contributed by atoms with Gasteiger partial charge >= 0.3 is 0 Å². The SMILES string of the molecule is COc1cccc(N(C)Cc2ccc(Br)cn2)c1. The van der Waals surface area contributed by atoms with E-state index in [2.05, 4.69) is 31.9 Å². The molecule has 0 N–H and O–H groups in total. The minimum Gasteiger partial charge on any atom is -0.497 e. The minimum atomic E-state index is 0.764. The van der Waals surface area contributed by atoms with Gasteiger partial charge in [-0.05, 0) is 40.2 Å². The van der Waals surface area contributed by atoms with Crippen LogP contribution in [0.25, 0.3) is 0 Å². The van der Waals surface area contributed by atoms with Gasteiger partial charge in [0.25, 0.3) is 0 Å². The fourth-order valence-electron chi connectivity index (χ4n) is 1.68. The second-order valence-corrected chi connectivity index (χ2v) is 4.94. The Kier molecular flexibility index (Phi) is 4.20. The number of hydrogen-bond donors (Lipinski definition) is 0. The molecule has 0 radical (unpaired) electrons. The molecular weight excluding hydrogens is 292 g/mol. The summed E-state index contributed by atoms with van der Waals surface area (Å²) in [7, 11) is 3.72. The fourth-order valence-corrected chi connectivity index (χ4v) is 1.92. The van der Waals surface area contributed by atoms with Crippen LogP contribution in [0, 0.1) is 0 Å². The van der Waals surface area contributed by atoms with Crippen molar-refractivity contribution >= 4 is 21.6 Å². The molecule has 0 spiro atoms. The molecule has 1 aromatic heterocycles. The highest BCUT2D eigenvalue weighted by Crippen LogP contribution is 2.21. The topological polar surface area (TPSA) is 25.4 Å². The molecule has 18 heavy (non-hydrogen) atoms. The largest absolute Gasteiger partial charge is 0.497 e. The molecule has 0 aliphatic heterocycles. The van der Waals surface area contributed by atoms with Gasteiger partial charge in [0, 0.05) is 29.5 Å². The molecule has 94 valence electrons. The Morgan fingerprint density at radius 3 is 2.78 bits per heavy atom. The zero-order valence-electron chi connectivity index (χ0n) is 10.4. The molecule has 0 atom stereocenters. The van der Waals surface area contributed by atoms with E-state index in [1.807, 2.05) is 43.6 Å². The molecule has 0 saturated carbocycles. The van der Waals surface area contributed by atoms with Gasteiger partial charge in [-0.15, -0.1) is 0 Å². The fraction of sp³-hybridized carbons (Fsp3) is 0.214. The zero-order valence-corrected chi connectivity index (χ0v) is 12.0. The number of rotatable bonds is 4. The molecule has 0 bridgehead atoms. The maximum absolute atomic E-state index is 5.22. The van der Waals surface area contributed by atoms with Crippen molar-refractivity contribution in [1.82, 2.24) is 4.98 Å². The van der Waals surface area contributed by atoms with Crippen molar-refractivity contribution in [2.75, 3.05) is 19.1 Å². The normalized spacial score (nSPS) is 10.2. The quantitative estimate of drug-likeness (QED) is 0.864. The highest BCUT2D eigenvalue weighted by molar-refractivity contribution is 9.10. The third-order valence-electron chi connectivity index (χ3n) is 2.68. The van der Waals surface area contributed by atoms with Crippen LogP contribution in [0.1, 0.15) is 5.69 Å². The highest BCUT2D eigenvalue weighted by atomic mass is 79.9. The van der Waals surface area contributed by atoms with Gasteiger partial charge in [0.2, 0.25) is 0 Å². The molecule has 0 saturated heterocycles. The molecule has 0 amide bonds. The first kappa shape index (κ1) is 12.9. The Labute approximate surface area is 116 Å². The van der Waals surface area contributed by atoms with Gasteiger partial charge in [0.15, 0.2) is 0 Å². The minimum absolute atomic E-state index is 0.764. The number of halogens is 1. The monoisotopic (exact) mass is 306 g/mol. The van der Waals surface area contributed by atoms with Gasteiger partial charge in [0.05, 0.1) is 19.3 Å². The van der Waals surface area contributed by atoms with Crippen LogP contribution in [-0.2, 0) is 6.54 Å². The van der Waals surface area contributed by atoms with Crippen molar-refractivity contribution in [3.05, 3.63) is 52.8 Å². The van der Waals surface area contributed by atoms with Gasteiger partial charge < -0.3 is 9.64 Å². The first-order valence-corrected chi connectivity index (χ1v) is 6.44. The van der Waals surface area contributed by atoms with Gasteiger partial charge in [-0.1, -0.05) is 6.07 Å². The Morgan fingerprint density at radius 1 is 1.28 bits per heavy atom. The Bertz CT molecular complexity index is 513. The number of ether oxygens (including phenoxy) is 1. The summed E-state index contributed by atoms with van der Waals surface area (Å²) in [6.45, 7) is 0.764. The maximum Gasteiger partial charge on any atom is 0.120 e. The molecule has 1 heterocycles. The average molecular weight is 307 g/mol. The van der Waals surface area contributed by atoms with Crippen LogP contribution in [0.3, 0.4) is 0 Å². The van der Waals surface area contributed by atoms with E-state index in [9.17, 15) is 0 Å². The predicted molar refractivity (Wildman–Crippen MR) is 77.0 cm³/mol. The van der Waals surface area contributed by atoms with Crippen LogP contribution in [0.2, 0.25) is 0 Å². The van der Waals surface area contributed by atoms with Gasteiger partial charge in [-0.2, -0.15) is 0 Å². The second kappa shape index (κ2) is 5.87. The smallest absolute Gasteiger partial charge is 0.120 e. The third-order valence-corrected chi connectivity index (χ3v) is 3.15. The van der Waals surface area contributed by atoms with E-state index in [1.165, 1.54) is 0 Å². The summed E-state index contributed by atoms with van der Waals surface area (Å²) in [6.07, 6.45) is 1.81. The third kappa shape index (κ3) is 3.23. The summed E-state index contributed by atoms with van der Waals surface area (Å²) in [5, 5.41) is 0. The number of benzene rings is 1. The number of nitrogens with zero attached hydrogens (tertiary/aromatic N) is 2. The molecule has 1 aromatic carbocycles. The van der Waals surface area contributed by atoms with Crippen molar-refractivity contribution in [2.45, 2.75) is 6.54 Å². The molecule has 0 aliphatic rings. The van der Waals surface area contributed by atoms with Crippen LogP contribution in [0.15, 0.2) is 47.1 Å². The van der Waals surface area contributed by atoms with E-state index in [0.717, 1.165) is 28.1 Å². The van der Waals surface area contributed by atoms with E-state index in [-0.39, 0.29) is 0 Å². The van der Waals surface area contributed by atoms with Crippen LogP contribution in [-0.4, -0.2) is 19.1 Å².